The summed E-state index contributed by atoms with van der Waals surface area (Å²) < 4.78 is 5.70. The summed E-state index contributed by atoms with van der Waals surface area (Å²) in [6, 6.07) is 15.4. The maximum atomic E-state index is 12.8. The van der Waals surface area contributed by atoms with Crippen molar-refractivity contribution < 1.29 is 19.1 Å². The Morgan fingerprint density at radius 3 is 2.69 bits per heavy atom. The first-order valence-electron chi connectivity index (χ1n) is 9.50. The number of rotatable bonds is 5. The normalized spacial score (nSPS) is 16.0. The molecule has 3 aromatic rings. The summed E-state index contributed by atoms with van der Waals surface area (Å²) in [5.41, 5.74) is 1.11. The summed E-state index contributed by atoms with van der Waals surface area (Å²) >= 11 is 0. The van der Waals surface area contributed by atoms with E-state index in [1.54, 1.807) is 24.4 Å². The number of hydrogen-bond acceptors (Lipinski definition) is 5. The molecule has 0 spiro atoms. The van der Waals surface area contributed by atoms with E-state index >= 15 is 0 Å². The Labute approximate surface area is 168 Å². The monoisotopic (exact) mass is 391 g/mol. The van der Waals surface area contributed by atoms with E-state index in [1.807, 2.05) is 30.3 Å². The summed E-state index contributed by atoms with van der Waals surface area (Å²) in [7, 11) is 0. The van der Waals surface area contributed by atoms with Crippen LogP contribution in [0.4, 0.5) is 0 Å². The molecule has 0 radical (unpaired) electrons. The number of amides is 2. The number of nitrogens with one attached hydrogen (secondary N) is 1. The third-order valence-corrected chi connectivity index (χ3v) is 4.98. The predicted octanol–water partition coefficient (Wildman–Crippen LogP) is 2.97. The fraction of sp³-hybridized carbons (Fsp3) is 0.227. The van der Waals surface area contributed by atoms with Crippen molar-refractivity contribution in [3.63, 3.8) is 0 Å². The summed E-state index contributed by atoms with van der Waals surface area (Å²) in [4.78, 5) is 31.2. The highest BCUT2D eigenvalue weighted by Gasteiger charge is 2.35. The lowest BCUT2D eigenvalue weighted by Gasteiger charge is -2.24. The molecule has 7 nitrogen and oxygen atoms in total. The largest absolute Gasteiger partial charge is 0.507 e. The van der Waals surface area contributed by atoms with E-state index in [1.165, 1.54) is 11.0 Å². The molecule has 1 fully saturated rings. The van der Waals surface area contributed by atoms with Gasteiger partial charge in [0.15, 0.2) is 5.76 Å². The number of oxazole rings is 1. The van der Waals surface area contributed by atoms with Crippen molar-refractivity contribution in [2.45, 2.75) is 25.4 Å². The van der Waals surface area contributed by atoms with Crippen molar-refractivity contribution in [2.24, 2.45) is 0 Å². The van der Waals surface area contributed by atoms with Crippen LogP contribution in [-0.4, -0.2) is 39.4 Å². The van der Waals surface area contributed by atoms with Gasteiger partial charge in [0.05, 0.1) is 18.3 Å². The Bertz CT molecular complexity index is 1020. The van der Waals surface area contributed by atoms with Crippen molar-refractivity contribution in [3.05, 3.63) is 72.2 Å². The van der Waals surface area contributed by atoms with Crippen LogP contribution in [0.1, 0.15) is 29.1 Å². The molecule has 2 aromatic carbocycles. The van der Waals surface area contributed by atoms with Crippen LogP contribution in [0.5, 0.6) is 5.75 Å². The maximum Gasteiger partial charge on any atom is 0.258 e. The third kappa shape index (κ3) is 3.99. The second-order valence-corrected chi connectivity index (χ2v) is 6.88. The topological polar surface area (TPSA) is 95.7 Å². The lowest BCUT2D eigenvalue weighted by atomic mass is 10.1. The van der Waals surface area contributed by atoms with E-state index < -0.39 is 6.04 Å². The number of aromatic nitrogens is 1. The van der Waals surface area contributed by atoms with Gasteiger partial charge in [-0.3, -0.25) is 9.59 Å². The van der Waals surface area contributed by atoms with Gasteiger partial charge in [0.1, 0.15) is 11.8 Å². The van der Waals surface area contributed by atoms with E-state index in [-0.39, 0.29) is 29.7 Å². The number of nitrogens with zero attached hydrogens (tertiary/aromatic N) is 2. The van der Waals surface area contributed by atoms with Crippen molar-refractivity contribution >= 4 is 11.8 Å². The fourth-order valence-electron chi connectivity index (χ4n) is 3.50. The molecule has 7 heteroatoms. The van der Waals surface area contributed by atoms with Crippen molar-refractivity contribution in [1.82, 2.24) is 15.2 Å². The average molecular weight is 391 g/mol. The molecule has 2 heterocycles. The van der Waals surface area contributed by atoms with Crippen LogP contribution in [0.2, 0.25) is 0 Å². The first kappa shape index (κ1) is 18.7. The Balaban J connectivity index is 1.40. The van der Waals surface area contributed by atoms with Gasteiger partial charge in [0.25, 0.3) is 5.91 Å². The van der Waals surface area contributed by atoms with E-state index in [4.69, 9.17) is 4.42 Å². The minimum absolute atomic E-state index is 0.0863. The summed E-state index contributed by atoms with van der Waals surface area (Å²) in [5, 5.41) is 12.8. The molecule has 29 heavy (non-hydrogen) atoms. The number of aromatic hydroxyl groups is 1. The second-order valence-electron chi connectivity index (χ2n) is 6.88. The highest BCUT2D eigenvalue weighted by Crippen LogP contribution is 2.25. The molecule has 4 rings (SSSR count). The highest BCUT2D eigenvalue weighted by molar-refractivity contribution is 5.99. The zero-order chi connectivity index (χ0) is 20.2. The van der Waals surface area contributed by atoms with Gasteiger partial charge in [-0.15, -0.1) is 0 Å². The Kier molecular flexibility index (Phi) is 5.29. The van der Waals surface area contributed by atoms with Crippen LogP contribution in [0, 0.1) is 0 Å². The van der Waals surface area contributed by atoms with E-state index in [9.17, 15) is 14.7 Å². The smallest absolute Gasteiger partial charge is 0.258 e. The van der Waals surface area contributed by atoms with E-state index in [0.717, 1.165) is 12.0 Å². The van der Waals surface area contributed by atoms with Gasteiger partial charge in [-0.1, -0.05) is 42.5 Å². The number of phenolic OH excluding ortho intramolecular Hbond substituents is 1. The molecule has 1 aliphatic heterocycles. The van der Waals surface area contributed by atoms with Crippen molar-refractivity contribution in [2.75, 3.05) is 6.54 Å². The summed E-state index contributed by atoms with van der Waals surface area (Å²) in [5.74, 6) is 0.339. The molecule has 2 amide bonds. The van der Waals surface area contributed by atoms with Gasteiger partial charge in [0.2, 0.25) is 11.8 Å². The molecule has 1 saturated heterocycles. The van der Waals surface area contributed by atoms with Crippen LogP contribution in [0.3, 0.4) is 0 Å². The molecule has 1 aliphatic rings. The Morgan fingerprint density at radius 1 is 1.14 bits per heavy atom. The number of hydrogen-bond donors (Lipinski definition) is 2. The number of phenols is 1. The minimum Gasteiger partial charge on any atom is -0.507 e. The van der Waals surface area contributed by atoms with Crippen LogP contribution in [-0.2, 0) is 11.3 Å². The molecule has 148 valence electrons. The van der Waals surface area contributed by atoms with Gasteiger partial charge in [-0.2, -0.15) is 0 Å². The lowest BCUT2D eigenvalue weighted by molar-refractivity contribution is -0.125. The molecular weight excluding hydrogens is 370 g/mol. The first-order valence-corrected chi connectivity index (χ1v) is 9.50. The molecule has 0 aliphatic carbocycles. The SMILES string of the molecule is O=C(NCc1ncc(-c2ccccc2)o1)C1CCCN1C(=O)c1ccccc1O. The zero-order valence-electron chi connectivity index (χ0n) is 15.7. The quantitative estimate of drug-likeness (QED) is 0.697. The minimum atomic E-state index is -0.578. The number of carbonyl (C=O) groups is 2. The number of likely N-dealkylation sites (tertiary alicyclic amines) is 1. The third-order valence-electron chi connectivity index (χ3n) is 4.98. The van der Waals surface area contributed by atoms with Crippen molar-refractivity contribution in [3.8, 4) is 17.1 Å². The van der Waals surface area contributed by atoms with Gasteiger partial charge in [-0.25, -0.2) is 4.98 Å². The number of benzene rings is 2. The molecule has 2 N–H and O–H groups in total. The second kappa shape index (κ2) is 8.18. The standard InChI is InChI=1S/C22H21N3O4/c26-18-11-5-4-9-16(18)22(28)25-12-6-10-17(25)21(27)24-14-20-23-13-19(29-20)15-7-2-1-3-8-15/h1-5,7-9,11,13,17,26H,6,10,12,14H2,(H,24,27). The molecule has 0 saturated carbocycles. The van der Waals surface area contributed by atoms with E-state index in [2.05, 4.69) is 10.3 Å². The molecule has 0 bridgehead atoms. The summed E-state index contributed by atoms with van der Waals surface area (Å²) in [6.07, 6.45) is 2.93. The average Bonchev–Trinajstić information content (AvgIpc) is 3.42. The van der Waals surface area contributed by atoms with Gasteiger partial charge in [-0.05, 0) is 25.0 Å². The molecule has 1 atom stereocenters. The number of carbonyl (C=O) groups excluding carboxylic acids is 2. The number of para-hydroxylation sites is 1. The molecular formula is C22H21N3O4. The van der Waals surface area contributed by atoms with Crippen LogP contribution in [0.25, 0.3) is 11.3 Å². The van der Waals surface area contributed by atoms with Crippen LogP contribution < -0.4 is 5.32 Å². The Morgan fingerprint density at radius 2 is 1.90 bits per heavy atom. The van der Waals surface area contributed by atoms with Crippen LogP contribution in [0.15, 0.2) is 65.2 Å². The first-order chi connectivity index (χ1) is 14.1. The van der Waals surface area contributed by atoms with Crippen molar-refractivity contribution in [1.29, 1.82) is 0 Å². The van der Waals surface area contributed by atoms with E-state index in [0.29, 0.717) is 24.6 Å². The van der Waals surface area contributed by atoms with Gasteiger partial charge >= 0.3 is 0 Å². The predicted molar refractivity (Wildman–Crippen MR) is 106 cm³/mol. The Hall–Kier alpha value is -3.61. The lowest BCUT2D eigenvalue weighted by Crippen LogP contribution is -2.45. The molecule has 1 aromatic heterocycles. The van der Waals surface area contributed by atoms with Crippen LogP contribution >= 0.6 is 0 Å². The maximum absolute atomic E-state index is 12.8. The molecule has 1 unspecified atom stereocenters. The van der Waals surface area contributed by atoms with Gasteiger partial charge < -0.3 is 19.7 Å². The zero-order valence-corrected chi connectivity index (χ0v) is 15.7. The summed E-state index contributed by atoms with van der Waals surface area (Å²) in [6.45, 7) is 0.614. The fourth-order valence-corrected chi connectivity index (χ4v) is 3.50. The highest BCUT2D eigenvalue weighted by atomic mass is 16.4. The van der Waals surface area contributed by atoms with Gasteiger partial charge in [0, 0.05) is 12.1 Å².